The Bertz CT molecular complexity index is 1450. The third-order valence-electron chi connectivity index (χ3n) is 4.84. The molecule has 3 aromatic heterocycles. The van der Waals surface area contributed by atoms with Gasteiger partial charge >= 0.3 is 5.97 Å². The normalized spacial score (nSPS) is 10.6. The molecule has 0 saturated heterocycles. The van der Waals surface area contributed by atoms with E-state index in [1.165, 1.54) is 6.20 Å². The van der Waals surface area contributed by atoms with Gasteiger partial charge in [0, 0.05) is 29.4 Å². The number of nitrogens with zero attached hydrogens (tertiary/aromatic N) is 3. The van der Waals surface area contributed by atoms with Crippen LogP contribution in [-0.4, -0.2) is 26.9 Å². The average molecular weight is 411 g/mol. The summed E-state index contributed by atoms with van der Waals surface area (Å²) in [6.45, 7) is 2.01. The molecule has 0 aliphatic carbocycles. The molecule has 7 nitrogen and oxygen atoms in total. The maximum Gasteiger partial charge on any atom is 0.343 e. The summed E-state index contributed by atoms with van der Waals surface area (Å²) in [5.74, 6) is 0.0793. The number of carbonyl (C=O) groups excluding carboxylic acids is 1. The van der Waals surface area contributed by atoms with E-state index in [1.807, 2.05) is 60.7 Å². The van der Waals surface area contributed by atoms with Crippen molar-refractivity contribution in [3.05, 3.63) is 90.3 Å². The van der Waals surface area contributed by atoms with Crippen LogP contribution in [0, 0.1) is 5.41 Å². The van der Waals surface area contributed by atoms with Crippen LogP contribution in [-0.2, 0) is 4.74 Å². The highest BCUT2D eigenvalue weighted by atomic mass is 16.5. The Morgan fingerprint density at radius 1 is 1.00 bits per heavy atom. The van der Waals surface area contributed by atoms with Crippen LogP contribution in [0.1, 0.15) is 17.3 Å². The first-order valence-corrected chi connectivity index (χ1v) is 9.80. The first-order chi connectivity index (χ1) is 15.1. The molecule has 5 rings (SSSR count). The number of benzene rings is 2. The lowest BCUT2D eigenvalue weighted by Gasteiger charge is -2.08. The van der Waals surface area contributed by atoms with Crippen molar-refractivity contribution in [3.8, 4) is 0 Å². The highest BCUT2D eigenvalue weighted by Gasteiger charge is 2.12. The Kier molecular flexibility index (Phi) is 5.57. The molecule has 0 aliphatic heterocycles. The van der Waals surface area contributed by atoms with E-state index in [2.05, 4.69) is 9.97 Å². The summed E-state index contributed by atoms with van der Waals surface area (Å²) >= 11 is 0. The maximum absolute atomic E-state index is 11.8. The van der Waals surface area contributed by atoms with Crippen LogP contribution in [0.4, 0.5) is 5.82 Å². The highest BCUT2D eigenvalue weighted by Crippen LogP contribution is 2.17. The van der Waals surface area contributed by atoms with E-state index >= 15 is 0 Å². The molecule has 0 unspecified atom stereocenters. The van der Waals surface area contributed by atoms with E-state index in [0.29, 0.717) is 11.5 Å². The lowest BCUT2D eigenvalue weighted by atomic mass is 10.1. The van der Waals surface area contributed by atoms with Crippen LogP contribution < -0.4 is 11.2 Å². The van der Waals surface area contributed by atoms with Crippen LogP contribution in [0.15, 0.2) is 79.3 Å². The fraction of sp³-hybridized carbons (Fsp3) is 0.0833. The molecule has 5 aromatic rings. The zero-order valence-corrected chi connectivity index (χ0v) is 16.9. The Balaban J connectivity index is 0.000000177. The first-order valence-electron chi connectivity index (χ1n) is 9.80. The second-order valence-electron chi connectivity index (χ2n) is 6.75. The van der Waals surface area contributed by atoms with Gasteiger partial charge in [0.25, 0.3) is 0 Å². The van der Waals surface area contributed by atoms with Gasteiger partial charge in [0.15, 0.2) is 0 Å². The van der Waals surface area contributed by atoms with Crippen LogP contribution in [0.3, 0.4) is 0 Å². The number of anilines is 1. The summed E-state index contributed by atoms with van der Waals surface area (Å²) in [5.41, 5.74) is 6.55. The Labute approximate surface area is 178 Å². The van der Waals surface area contributed by atoms with E-state index in [0.717, 1.165) is 21.5 Å². The molecular weight excluding hydrogens is 390 g/mol. The van der Waals surface area contributed by atoms with Gasteiger partial charge in [-0.1, -0.05) is 48.5 Å². The number of ether oxygens (including phenoxy) is 1. The van der Waals surface area contributed by atoms with Crippen molar-refractivity contribution < 1.29 is 9.53 Å². The largest absolute Gasteiger partial charge is 0.462 e. The van der Waals surface area contributed by atoms with E-state index in [1.54, 1.807) is 23.7 Å². The summed E-state index contributed by atoms with van der Waals surface area (Å²) in [7, 11) is 0. The van der Waals surface area contributed by atoms with Gasteiger partial charge in [-0.15, -0.1) is 0 Å². The number of carbonyl (C=O) groups is 1. The predicted octanol–water partition coefficient (Wildman–Crippen LogP) is 3.96. The third-order valence-corrected chi connectivity index (χ3v) is 4.84. The molecule has 2 aromatic carbocycles. The van der Waals surface area contributed by atoms with Gasteiger partial charge in [-0.3, -0.25) is 9.81 Å². The number of nitrogens with two attached hydrogens (primary N) is 1. The number of hydrogen-bond donors (Lipinski definition) is 2. The number of nitrogens with one attached hydrogen (secondary N) is 1. The van der Waals surface area contributed by atoms with E-state index in [9.17, 15) is 4.79 Å². The fourth-order valence-corrected chi connectivity index (χ4v) is 3.33. The Morgan fingerprint density at radius 3 is 2.39 bits per heavy atom. The number of rotatable bonds is 2. The van der Waals surface area contributed by atoms with Gasteiger partial charge in [0.1, 0.15) is 22.5 Å². The fourth-order valence-electron chi connectivity index (χ4n) is 3.33. The molecular formula is C24H21N5O2. The van der Waals surface area contributed by atoms with Crippen molar-refractivity contribution in [2.75, 3.05) is 12.3 Å². The molecule has 0 saturated carbocycles. The molecule has 154 valence electrons. The van der Waals surface area contributed by atoms with Crippen molar-refractivity contribution >= 4 is 39.0 Å². The minimum atomic E-state index is -0.521. The van der Waals surface area contributed by atoms with Crippen molar-refractivity contribution in [2.24, 2.45) is 0 Å². The van der Waals surface area contributed by atoms with E-state index in [4.69, 9.17) is 15.9 Å². The van der Waals surface area contributed by atoms with Crippen LogP contribution in [0.2, 0.25) is 0 Å². The SMILES string of the molecule is CCOC(=O)c1cnc2c3ccccc3ccn2c1=N.Nc1nccc2ccccc12. The molecule has 3 heterocycles. The third kappa shape index (κ3) is 3.93. The molecule has 0 aliphatic rings. The van der Waals surface area contributed by atoms with Crippen molar-refractivity contribution in [2.45, 2.75) is 6.92 Å². The Hall–Kier alpha value is -4.26. The molecule has 7 heteroatoms. The molecule has 0 bridgehead atoms. The number of aromatic nitrogens is 3. The second kappa shape index (κ2) is 8.62. The lowest BCUT2D eigenvalue weighted by molar-refractivity contribution is 0.0523. The quantitative estimate of drug-likeness (QED) is 0.338. The van der Waals surface area contributed by atoms with Gasteiger partial charge in [-0.25, -0.2) is 14.8 Å². The molecule has 0 atom stereocenters. The van der Waals surface area contributed by atoms with Gasteiger partial charge in [-0.05, 0) is 29.8 Å². The zero-order chi connectivity index (χ0) is 21.8. The number of pyridine rings is 2. The minimum Gasteiger partial charge on any atom is -0.462 e. The summed E-state index contributed by atoms with van der Waals surface area (Å²) in [4.78, 5) is 20.1. The Morgan fingerprint density at radius 2 is 1.68 bits per heavy atom. The van der Waals surface area contributed by atoms with Gasteiger partial charge in [-0.2, -0.15) is 0 Å². The summed E-state index contributed by atoms with van der Waals surface area (Å²) < 4.78 is 6.52. The summed E-state index contributed by atoms with van der Waals surface area (Å²) in [5, 5.41) is 12.3. The second-order valence-corrected chi connectivity index (χ2v) is 6.75. The molecule has 0 amide bonds. The average Bonchev–Trinajstić information content (AvgIpc) is 2.80. The molecule has 0 radical (unpaired) electrons. The van der Waals surface area contributed by atoms with Gasteiger partial charge in [0.2, 0.25) is 0 Å². The zero-order valence-electron chi connectivity index (χ0n) is 16.9. The number of fused-ring (bicyclic) bond motifs is 4. The molecule has 3 N–H and O–H groups in total. The van der Waals surface area contributed by atoms with Crippen LogP contribution in [0.5, 0.6) is 0 Å². The van der Waals surface area contributed by atoms with Gasteiger partial charge in [0.05, 0.1) is 6.61 Å². The van der Waals surface area contributed by atoms with Crippen molar-refractivity contribution in [3.63, 3.8) is 0 Å². The lowest BCUT2D eigenvalue weighted by Crippen LogP contribution is -2.24. The molecule has 0 fully saturated rings. The molecule has 0 spiro atoms. The summed E-state index contributed by atoms with van der Waals surface area (Å²) in [6.07, 6.45) is 4.87. The van der Waals surface area contributed by atoms with E-state index in [-0.39, 0.29) is 17.7 Å². The van der Waals surface area contributed by atoms with Crippen molar-refractivity contribution in [1.29, 1.82) is 5.41 Å². The van der Waals surface area contributed by atoms with E-state index < -0.39 is 5.97 Å². The number of hydrogen-bond acceptors (Lipinski definition) is 6. The molecule has 31 heavy (non-hydrogen) atoms. The monoisotopic (exact) mass is 411 g/mol. The van der Waals surface area contributed by atoms with Crippen LogP contribution >= 0.6 is 0 Å². The first kappa shape index (κ1) is 20.0. The standard InChI is InChI=1S/C15H13N3O2.C9H8N2/c1-2-20-15(19)12-9-17-14-11-6-4-3-5-10(11)7-8-18(14)13(12)16;10-9-8-4-2-1-3-7(8)5-6-11-9/h3-9,16H,2H2,1H3;1-6H,(H2,10,11). The predicted molar refractivity (Wildman–Crippen MR) is 121 cm³/mol. The van der Waals surface area contributed by atoms with Crippen LogP contribution in [0.25, 0.3) is 27.2 Å². The topological polar surface area (TPSA) is 106 Å². The maximum atomic E-state index is 11.8. The number of nitrogen functional groups attached to an aromatic ring is 1. The van der Waals surface area contributed by atoms with Gasteiger partial charge < -0.3 is 10.5 Å². The summed E-state index contributed by atoms with van der Waals surface area (Å²) in [6, 6.07) is 19.6. The highest BCUT2D eigenvalue weighted by molar-refractivity contribution is 5.95. The smallest absolute Gasteiger partial charge is 0.343 e. The minimum absolute atomic E-state index is 0.0826. The number of esters is 1. The van der Waals surface area contributed by atoms with Crippen molar-refractivity contribution in [1.82, 2.24) is 14.4 Å².